The van der Waals surface area contributed by atoms with Crippen molar-refractivity contribution in [1.29, 1.82) is 0 Å². The molecule has 0 aliphatic carbocycles. The van der Waals surface area contributed by atoms with Gasteiger partial charge >= 0.3 is 0 Å². The molecule has 1 aromatic carbocycles. The average molecular weight is 273 g/mol. The quantitative estimate of drug-likeness (QED) is 0.826. The molecule has 4 nitrogen and oxygen atoms in total. The van der Waals surface area contributed by atoms with E-state index in [-0.39, 0.29) is 18.6 Å². The van der Waals surface area contributed by atoms with Gasteiger partial charge in [0.25, 0.3) is 0 Å². The van der Waals surface area contributed by atoms with E-state index in [1.165, 1.54) is 0 Å². The first-order chi connectivity index (χ1) is 9.67. The van der Waals surface area contributed by atoms with Crippen LogP contribution in [-0.2, 0) is 9.53 Å². The Morgan fingerprint density at radius 1 is 1.50 bits per heavy atom. The lowest BCUT2D eigenvalue weighted by molar-refractivity contribution is -0.118. The number of benzene rings is 1. The first-order valence-corrected chi connectivity index (χ1v) is 6.80. The molecule has 4 heteroatoms. The lowest BCUT2D eigenvalue weighted by atomic mass is 10.1. The Morgan fingerprint density at radius 3 is 3.05 bits per heavy atom. The number of hydrogen-bond donors (Lipinski definition) is 2. The number of rotatable bonds is 3. The summed E-state index contributed by atoms with van der Waals surface area (Å²) in [6, 6.07) is 5.62. The highest BCUT2D eigenvalue weighted by Crippen LogP contribution is 2.18. The Labute approximate surface area is 119 Å². The van der Waals surface area contributed by atoms with Crippen molar-refractivity contribution in [3.05, 3.63) is 29.3 Å². The van der Waals surface area contributed by atoms with E-state index in [1.54, 1.807) is 0 Å². The molecule has 1 aliphatic rings. The zero-order valence-electron chi connectivity index (χ0n) is 11.6. The van der Waals surface area contributed by atoms with E-state index < -0.39 is 0 Å². The monoisotopic (exact) mass is 273 g/mol. The van der Waals surface area contributed by atoms with E-state index in [2.05, 4.69) is 17.2 Å². The molecule has 0 spiro atoms. The van der Waals surface area contributed by atoms with Crippen molar-refractivity contribution < 1.29 is 14.6 Å². The number of ether oxygens (including phenoxy) is 1. The Morgan fingerprint density at radius 2 is 2.35 bits per heavy atom. The predicted octanol–water partition coefficient (Wildman–Crippen LogP) is 1.85. The van der Waals surface area contributed by atoms with E-state index in [0.29, 0.717) is 6.42 Å². The van der Waals surface area contributed by atoms with Crippen LogP contribution in [0, 0.1) is 18.8 Å². The zero-order chi connectivity index (χ0) is 14.4. The van der Waals surface area contributed by atoms with Crippen LogP contribution in [0.1, 0.15) is 30.4 Å². The first-order valence-electron chi connectivity index (χ1n) is 6.80. The minimum absolute atomic E-state index is 0.0384. The molecule has 106 valence electrons. The average Bonchev–Trinajstić information content (AvgIpc) is 2.88. The second-order valence-corrected chi connectivity index (χ2v) is 4.93. The van der Waals surface area contributed by atoms with Gasteiger partial charge in [-0.1, -0.05) is 11.8 Å². The van der Waals surface area contributed by atoms with Gasteiger partial charge < -0.3 is 15.2 Å². The van der Waals surface area contributed by atoms with Gasteiger partial charge in [-0.2, -0.15) is 0 Å². The van der Waals surface area contributed by atoms with Crippen molar-refractivity contribution in [3.63, 3.8) is 0 Å². The molecule has 1 fully saturated rings. The summed E-state index contributed by atoms with van der Waals surface area (Å²) in [5, 5.41) is 11.6. The van der Waals surface area contributed by atoms with Gasteiger partial charge in [0.2, 0.25) is 5.91 Å². The minimum Gasteiger partial charge on any atom is -0.384 e. The molecular weight excluding hydrogens is 254 g/mol. The molecule has 2 rings (SSSR count). The molecule has 1 aromatic rings. The number of nitrogens with one attached hydrogen (secondary N) is 1. The van der Waals surface area contributed by atoms with Crippen LogP contribution in [0.5, 0.6) is 0 Å². The highest BCUT2D eigenvalue weighted by Gasteiger charge is 2.19. The van der Waals surface area contributed by atoms with Crippen molar-refractivity contribution in [3.8, 4) is 11.8 Å². The number of aryl methyl sites for hydroxylation is 1. The summed E-state index contributed by atoms with van der Waals surface area (Å²) < 4.78 is 5.45. The van der Waals surface area contributed by atoms with Crippen molar-refractivity contribution in [2.75, 3.05) is 18.5 Å². The summed E-state index contributed by atoms with van der Waals surface area (Å²) in [6.07, 6.45) is 2.43. The molecule has 1 heterocycles. The fourth-order valence-corrected chi connectivity index (χ4v) is 2.29. The highest BCUT2D eigenvalue weighted by atomic mass is 16.5. The molecular formula is C16H19NO3. The van der Waals surface area contributed by atoms with Crippen LogP contribution in [-0.4, -0.2) is 30.3 Å². The van der Waals surface area contributed by atoms with Crippen molar-refractivity contribution in [2.24, 2.45) is 0 Å². The maximum absolute atomic E-state index is 11.9. The Kier molecular flexibility index (Phi) is 5.16. The lowest BCUT2D eigenvalue weighted by Gasteiger charge is -2.10. The molecule has 0 bridgehead atoms. The number of aliphatic hydroxyl groups excluding tert-OH is 1. The summed E-state index contributed by atoms with van der Waals surface area (Å²) in [5.74, 6) is 5.41. The maximum atomic E-state index is 11.9. The van der Waals surface area contributed by atoms with E-state index in [0.717, 1.165) is 36.3 Å². The van der Waals surface area contributed by atoms with Gasteiger partial charge in [-0.3, -0.25) is 4.79 Å². The molecule has 0 aromatic heterocycles. The number of carbonyl (C=O) groups is 1. The van der Waals surface area contributed by atoms with Gasteiger partial charge in [0, 0.05) is 17.9 Å². The van der Waals surface area contributed by atoms with Crippen LogP contribution in [0.3, 0.4) is 0 Å². The van der Waals surface area contributed by atoms with Crippen LogP contribution in [0.2, 0.25) is 0 Å². The van der Waals surface area contributed by atoms with Crippen LogP contribution >= 0.6 is 0 Å². The number of amides is 1. The molecule has 1 unspecified atom stereocenters. The largest absolute Gasteiger partial charge is 0.384 e. The number of hydrogen-bond acceptors (Lipinski definition) is 3. The van der Waals surface area contributed by atoms with Crippen molar-refractivity contribution in [1.82, 2.24) is 0 Å². The van der Waals surface area contributed by atoms with Crippen molar-refractivity contribution >= 4 is 11.6 Å². The molecule has 0 radical (unpaired) electrons. The first kappa shape index (κ1) is 14.6. The second-order valence-electron chi connectivity index (χ2n) is 4.93. The molecule has 1 amide bonds. The predicted molar refractivity (Wildman–Crippen MR) is 77.4 cm³/mol. The third kappa shape index (κ3) is 4.37. The molecule has 1 saturated heterocycles. The van der Waals surface area contributed by atoms with Gasteiger partial charge in [-0.25, -0.2) is 0 Å². The molecule has 2 N–H and O–H groups in total. The Hall–Kier alpha value is -1.83. The van der Waals surface area contributed by atoms with E-state index in [9.17, 15) is 4.79 Å². The van der Waals surface area contributed by atoms with Gasteiger partial charge in [0.15, 0.2) is 0 Å². The molecule has 1 aliphatic heterocycles. The minimum atomic E-state index is -0.172. The maximum Gasteiger partial charge on any atom is 0.226 e. The highest BCUT2D eigenvalue weighted by molar-refractivity contribution is 5.91. The summed E-state index contributed by atoms with van der Waals surface area (Å²) in [6.45, 7) is 2.53. The molecule has 20 heavy (non-hydrogen) atoms. The molecule has 0 saturated carbocycles. The Bertz CT molecular complexity index is 536. The lowest BCUT2D eigenvalue weighted by Crippen LogP contribution is -2.19. The summed E-state index contributed by atoms with van der Waals surface area (Å²) in [7, 11) is 0. The molecule has 1 atom stereocenters. The van der Waals surface area contributed by atoms with Crippen LogP contribution in [0.15, 0.2) is 18.2 Å². The van der Waals surface area contributed by atoms with Crippen LogP contribution in [0.4, 0.5) is 5.69 Å². The van der Waals surface area contributed by atoms with Crippen molar-refractivity contribution in [2.45, 2.75) is 32.3 Å². The van der Waals surface area contributed by atoms with Gasteiger partial charge in [0.05, 0.1) is 12.5 Å². The van der Waals surface area contributed by atoms with Gasteiger partial charge in [0.1, 0.15) is 6.61 Å². The van der Waals surface area contributed by atoms with Crippen LogP contribution < -0.4 is 5.32 Å². The standard InChI is InChI=1S/C16H19NO3/c1-12-8-13(4-2-6-18)10-14(9-12)17-16(19)11-15-5-3-7-20-15/h8-10,15,18H,3,5-7,11H2,1H3,(H,17,19). The second kappa shape index (κ2) is 7.09. The normalized spacial score (nSPS) is 17.4. The Balaban J connectivity index is 2.00. The van der Waals surface area contributed by atoms with Gasteiger partial charge in [-0.15, -0.1) is 0 Å². The van der Waals surface area contributed by atoms with Gasteiger partial charge in [-0.05, 0) is 43.5 Å². The summed E-state index contributed by atoms with van der Waals surface area (Å²) >= 11 is 0. The summed E-state index contributed by atoms with van der Waals surface area (Å²) in [5.41, 5.74) is 2.53. The third-order valence-electron chi connectivity index (χ3n) is 3.11. The fourth-order valence-electron chi connectivity index (χ4n) is 2.29. The number of aliphatic hydroxyl groups is 1. The smallest absolute Gasteiger partial charge is 0.226 e. The number of carbonyl (C=O) groups excluding carboxylic acids is 1. The van der Waals surface area contributed by atoms with E-state index in [1.807, 2.05) is 25.1 Å². The van der Waals surface area contributed by atoms with E-state index in [4.69, 9.17) is 9.84 Å². The zero-order valence-corrected chi connectivity index (χ0v) is 11.6. The number of anilines is 1. The topological polar surface area (TPSA) is 58.6 Å². The fraction of sp³-hybridized carbons (Fsp3) is 0.438. The van der Waals surface area contributed by atoms with E-state index >= 15 is 0 Å². The summed E-state index contributed by atoms with van der Waals surface area (Å²) in [4.78, 5) is 11.9. The SMILES string of the molecule is Cc1cc(C#CCO)cc(NC(=O)CC2CCCO2)c1. The third-order valence-corrected chi connectivity index (χ3v) is 3.11. The van der Waals surface area contributed by atoms with Crippen LogP contribution in [0.25, 0.3) is 0 Å².